The number of nitrogens with zero attached hydrogens (tertiary/aromatic N) is 4. The molecule has 2 aromatic rings. The third kappa shape index (κ3) is 4.89. The van der Waals surface area contributed by atoms with Crippen LogP contribution in [0.1, 0.15) is 37.9 Å². The Kier molecular flexibility index (Phi) is 6.16. The molecule has 0 bridgehead atoms. The van der Waals surface area contributed by atoms with Gasteiger partial charge >= 0.3 is 0 Å². The van der Waals surface area contributed by atoms with Gasteiger partial charge in [0.25, 0.3) is 0 Å². The Labute approximate surface area is 165 Å². The molecule has 2 aromatic heterocycles. The van der Waals surface area contributed by atoms with Crippen LogP contribution in [0.5, 0.6) is 0 Å². The van der Waals surface area contributed by atoms with Crippen LogP contribution in [0, 0.1) is 12.8 Å². The monoisotopic (exact) mass is 387 g/mol. The Balaban J connectivity index is 1.63. The van der Waals surface area contributed by atoms with Gasteiger partial charge in [0.15, 0.2) is 0 Å². The second-order valence-corrected chi connectivity index (χ2v) is 7.65. The van der Waals surface area contributed by atoms with Crippen molar-refractivity contribution in [1.29, 1.82) is 0 Å². The number of hydrogen-bond donors (Lipinski definition) is 1. The van der Waals surface area contributed by atoms with Crippen LogP contribution in [0.15, 0.2) is 24.4 Å². The highest BCUT2D eigenvalue weighted by Gasteiger charge is 2.14. The van der Waals surface area contributed by atoms with Crippen LogP contribution >= 0.6 is 11.6 Å². The van der Waals surface area contributed by atoms with Crippen molar-refractivity contribution in [2.24, 2.45) is 5.92 Å². The molecule has 7 heteroatoms. The van der Waals surface area contributed by atoms with Gasteiger partial charge in [-0.2, -0.15) is 5.10 Å². The van der Waals surface area contributed by atoms with E-state index in [1.807, 2.05) is 19.1 Å². The minimum absolute atomic E-state index is 0.224. The highest BCUT2D eigenvalue weighted by Crippen LogP contribution is 2.23. The van der Waals surface area contributed by atoms with Crippen molar-refractivity contribution in [3.63, 3.8) is 0 Å². The number of aryl methyl sites for hydroxylation is 1. The predicted molar refractivity (Wildman–Crippen MR) is 110 cm³/mol. The predicted octanol–water partition coefficient (Wildman–Crippen LogP) is 4.15. The first kappa shape index (κ1) is 19.4. The van der Waals surface area contributed by atoms with E-state index in [9.17, 15) is 4.79 Å². The summed E-state index contributed by atoms with van der Waals surface area (Å²) < 4.78 is 1.78. The van der Waals surface area contributed by atoms with Gasteiger partial charge in [-0.15, -0.1) is 0 Å². The van der Waals surface area contributed by atoms with E-state index in [0.29, 0.717) is 16.8 Å². The lowest BCUT2D eigenvalue weighted by molar-refractivity contribution is -0.111. The first-order chi connectivity index (χ1) is 12.9. The Morgan fingerprint density at radius 1 is 1.33 bits per heavy atom. The van der Waals surface area contributed by atoms with E-state index in [-0.39, 0.29) is 5.91 Å². The number of carbonyl (C=O) groups excluding carboxylic acids is 1. The highest BCUT2D eigenvalue weighted by atomic mass is 35.5. The summed E-state index contributed by atoms with van der Waals surface area (Å²) >= 11 is 6.40. The minimum atomic E-state index is -0.224. The quantitative estimate of drug-likeness (QED) is 0.756. The van der Waals surface area contributed by atoms with Crippen LogP contribution < -0.4 is 10.2 Å². The van der Waals surface area contributed by atoms with E-state index in [1.54, 1.807) is 17.0 Å². The summed E-state index contributed by atoms with van der Waals surface area (Å²) in [5.41, 5.74) is 2.25. The third-order valence-electron chi connectivity index (χ3n) is 4.49. The van der Waals surface area contributed by atoms with Gasteiger partial charge in [-0.3, -0.25) is 9.48 Å². The summed E-state index contributed by atoms with van der Waals surface area (Å²) in [6, 6.07) is 3.83. The molecule has 1 amide bonds. The lowest BCUT2D eigenvalue weighted by Crippen LogP contribution is -2.18. The first-order valence-corrected chi connectivity index (χ1v) is 9.75. The number of hydrogen-bond acceptors (Lipinski definition) is 4. The summed E-state index contributed by atoms with van der Waals surface area (Å²) in [6.07, 6.45) is 7.30. The highest BCUT2D eigenvalue weighted by molar-refractivity contribution is 6.31. The Bertz CT molecular complexity index is 820. The maximum atomic E-state index is 12.2. The summed E-state index contributed by atoms with van der Waals surface area (Å²) in [5, 5.41) is 7.83. The number of carbonyl (C=O) groups is 1. The van der Waals surface area contributed by atoms with Crippen LogP contribution in [-0.4, -0.2) is 33.8 Å². The van der Waals surface area contributed by atoms with Crippen LogP contribution in [0.4, 0.5) is 11.5 Å². The maximum absolute atomic E-state index is 12.2. The van der Waals surface area contributed by atoms with Gasteiger partial charge in [0, 0.05) is 31.3 Å². The molecular formula is C20H26ClN5O. The van der Waals surface area contributed by atoms with Crippen molar-refractivity contribution in [1.82, 2.24) is 14.8 Å². The average molecular weight is 388 g/mol. The van der Waals surface area contributed by atoms with E-state index in [0.717, 1.165) is 36.7 Å². The Morgan fingerprint density at radius 2 is 2.07 bits per heavy atom. The first-order valence-electron chi connectivity index (χ1n) is 9.37. The van der Waals surface area contributed by atoms with E-state index < -0.39 is 0 Å². The van der Waals surface area contributed by atoms with Crippen molar-refractivity contribution in [2.45, 2.75) is 40.2 Å². The molecule has 144 valence electrons. The summed E-state index contributed by atoms with van der Waals surface area (Å²) in [6.45, 7) is 8.95. The lowest BCUT2D eigenvalue weighted by atomic mass is 10.2. The van der Waals surface area contributed by atoms with Gasteiger partial charge in [0.2, 0.25) is 5.91 Å². The zero-order valence-electron chi connectivity index (χ0n) is 16.1. The smallest absolute Gasteiger partial charge is 0.248 e. The van der Waals surface area contributed by atoms with Crippen molar-refractivity contribution < 1.29 is 4.79 Å². The molecule has 6 nitrogen and oxygen atoms in total. The molecule has 3 rings (SSSR count). The molecule has 27 heavy (non-hydrogen) atoms. The molecule has 0 radical (unpaired) electrons. The number of rotatable bonds is 6. The van der Waals surface area contributed by atoms with Crippen molar-refractivity contribution in [3.8, 4) is 0 Å². The second kappa shape index (κ2) is 8.57. The lowest BCUT2D eigenvalue weighted by Gasteiger charge is -2.16. The van der Waals surface area contributed by atoms with Gasteiger partial charge in [-0.05, 0) is 43.9 Å². The molecule has 1 aliphatic heterocycles. The van der Waals surface area contributed by atoms with Gasteiger partial charge in [0.1, 0.15) is 11.0 Å². The maximum Gasteiger partial charge on any atom is 0.248 e. The van der Waals surface area contributed by atoms with Crippen LogP contribution in [0.2, 0.25) is 5.15 Å². The molecule has 1 aliphatic rings. The number of amides is 1. The topological polar surface area (TPSA) is 63.1 Å². The molecule has 0 spiro atoms. The van der Waals surface area contributed by atoms with Crippen LogP contribution in [0.25, 0.3) is 6.08 Å². The average Bonchev–Trinajstić information content (AvgIpc) is 3.23. The number of halogens is 1. The normalized spacial score (nSPS) is 14.5. The summed E-state index contributed by atoms with van der Waals surface area (Å²) in [5.74, 6) is 1.18. The fourth-order valence-electron chi connectivity index (χ4n) is 3.16. The van der Waals surface area contributed by atoms with Crippen molar-refractivity contribution >= 4 is 35.1 Å². The van der Waals surface area contributed by atoms with Gasteiger partial charge in [-0.25, -0.2) is 4.98 Å². The van der Waals surface area contributed by atoms with Gasteiger partial charge in [0.05, 0.1) is 17.6 Å². The second-order valence-electron chi connectivity index (χ2n) is 7.29. The number of nitrogens with one attached hydrogen (secondary N) is 1. The van der Waals surface area contributed by atoms with Crippen LogP contribution in [-0.2, 0) is 11.3 Å². The van der Waals surface area contributed by atoms with E-state index >= 15 is 0 Å². The molecular weight excluding hydrogens is 362 g/mol. The van der Waals surface area contributed by atoms with E-state index in [1.165, 1.54) is 18.9 Å². The molecule has 3 heterocycles. The molecule has 1 fully saturated rings. The summed E-state index contributed by atoms with van der Waals surface area (Å²) in [4.78, 5) is 18.9. The molecule has 0 aromatic carbocycles. The largest absolute Gasteiger partial charge is 0.357 e. The SMILES string of the molecule is Cc1nn(CC(C)C)c(Cl)c1/C=C/C(=O)Nc1ccc(N2CCCC2)nc1. The van der Waals surface area contributed by atoms with E-state index in [4.69, 9.17) is 11.6 Å². The fraction of sp³-hybridized carbons (Fsp3) is 0.450. The van der Waals surface area contributed by atoms with Gasteiger partial charge < -0.3 is 10.2 Å². The molecule has 0 aliphatic carbocycles. The molecule has 0 atom stereocenters. The van der Waals surface area contributed by atoms with Gasteiger partial charge in [-0.1, -0.05) is 25.4 Å². The molecule has 0 saturated carbocycles. The van der Waals surface area contributed by atoms with Crippen molar-refractivity contribution in [3.05, 3.63) is 40.8 Å². The Morgan fingerprint density at radius 3 is 2.70 bits per heavy atom. The summed E-state index contributed by atoms with van der Waals surface area (Å²) in [7, 11) is 0. The number of pyridine rings is 1. The van der Waals surface area contributed by atoms with Crippen molar-refractivity contribution in [2.75, 3.05) is 23.3 Å². The fourth-order valence-corrected chi connectivity index (χ4v) is 3.47. The van der Waals surface area contributed by atoms with Crippen LogP contribution in [0.3, 0.4) is 0 Å². The Hall–Kier alpha value is -2.34. The molecule has 1 saturated heterocycles. The molecule has 0 unspecified atom stereocenters. The zero-order chi connectivity index (χ0) is 19.4. The minimum Gasteiger partial charge on any atom is -0.357 e. The van der Waals surface area contributed by atoms with E-state index in [2.05, 4.69) is 34.1 Å². The third-order valence-corrected chi connectivity index (χ3v) is 4.89. The zero-order valence-corrected chi connectivity index (χ0v) is 16.8. The standard InChI is InChI=1S/C20H26ClN5O/c1-14(2)13-26-20(21)17(15(3)24-26)7-9-19(27)23-16-6-8-18(22-12-16)25-10-4-5-11-25/h6-9,12,14H,4-5,10-11,13H2,1-3H3,(H,23,27)/b9-7+. The number of anilines is 2. The number of aromatic nitrogens is 3. The molecule has 1 N–H and O–H groups in total.